The van der Waals surface area contributed by atoms with Gasteiger partial charge in [-0.05, 0) is 44.4 Å². The van der Waals surface area contributed by atoms with Gasteiger partial charge in [0.25, 0.3) is 0 Å². The zero-order valence-electron chi connectivity index (χ0n) is 10.9. The molecule has 0 saturated carbocycles. The lowest BCUT2D eigenvalue weighted by molar-refractivity contribution is 2.04. The van der Waals surface area contributed by atoms with Gasteiger partial charge in [-0.25, -0.2) is 0 Å². The molecule has 0 aromatic carbocycles. The van der Waals surface area contributed by atoms with Crippen molar-refractivity contribution in [3.63, 3.8) is 0 Å². The van der Waals surface area contributed by atoms with Gasteiger partial charge in [-0.2, -0.15) is 0 Å². The smallest absolute Gasteiger partial charge is 0.110 e. The molecule has 0 unspecified atom stereocenters. The summed E-state index contributed by atoms with van der Waals surface area (Å²) in [7, 11) is 0. The molecule has 0 bridgehead atoms. The second kappa shape index (κ2) is 8.49. The van der Waals surface area contributed by atoms with E-state index in [1.54, 1.807) is 34.9 Å². The number of hydrogen-bond acceptors (Lipinski definition) is 9. The fourth-order valence-corrected chi connectivity index (χ4v) is 14.2. The highest BCUT2D eigenvalue weighted by molar-refractivity contribution is 9.17. The van der Waals surface area contributed by atoms with Crippen molar-refractivity contribution in [2.45, 2.75) is 0 Å². The van der Waals surface area contributed by atoms with E-state index in [1.807, 2.05) is 58.4 Å². The average Bonchev–Trinajstić information content (AvgIpc) is 3.16. The van der Waals surface area contributed by atoms with Crippen molar-refractivity contribution in [2.75, 3.05) is 12.5 Å². The third kappa shape index (κ3) is 4.10. The van der Waals surface area contributed by atoms with Gasteiger partial charge in [0.05, 0.1) is 29.1 Å². The minimum absolute atomic E-state index is 1.01. The average molecular weight is 587 g/mol. The minimum atomic E-state index is 1.01. The van der Waals surface area contributed by atoms with Crippen LogP contribution in [0.3, 0.4) is 0 Å². The van der Waals surface area contributed by atoms with E-state index in [-0.39, 0.29) is 0 Å². The van der Waals surface area contributed by atoms with Crippen LogP contribution in [0.5, 0.6) is 0 Å². The SMILES string of the molecule is CSC1=C(SC)SC(=c2sc(=C3SC(Br)=C(Br)S3)sc2=S)S1. The molecule has 0 spiro atoms. The number of halogens is 2. The van der Waals surface area contributed by atoms with E-state index in [0.717, 1.165) is 11.5 Å². The van der Waals surface area contributed by atoms with E-state index in [0.29, 0.717) is 0 Å². The maximum absolute atomic E-state index is 5.63. The Kier molecular flexibility index (Phi) is 7.46. The van der Waals surface area contributed by atoms with Crippen molar-refractivity contribution in [1.29, 1.82) is 0 Å². The third-order valence-corrected chi connectivity index (χ3v) is 16.3. The van der Waals surface area contributed by atoms with Gasteiger partial charge in [0.1, 0.15) is 7.67 Å². The van der Waals surface area contributed by atoms with Crippen LogP contribution in [-0.2, 0) is 0 Å². The first-order valence-electron chi connectivity index (χ1n) is 5.51. The molecule has 0 N–H and O–H groups in total. The molecule has 3 rings (SSSR count). The van der Waals surface area contributed by atoms with Crippen LogP contribution in [-0.4, -0.2) is 12.5 Å². The fourth-order valence-electron chi connectivity index (χ4n) is 1.46. The molecule has 2 aliphatic heterocycles. The first kappa shape index (κ1) is 19.3. The molecule has 0 amide bonds. The van der Waals surface area contributed by atoms with Crippen LogP contribution in [0.25, 0.3) is 8.47 Å². The molecule has 22 heavy (non-hydrogen) atoms. The number of thioether (sulfide) groups is 6. The maximum Gasteiger partial charge on any atom is 0.110 e. The van der Waals surface area contributed by atoms with Crippen molar-refractivity contribution in [3.8, 4) is 0 Å². The van der Waals surface area contributed by atoms with Crippen LogP contribution in [0.15, 0.2) is 16.1 Å². The van der Waals surface area contributed by atoms with Gasteiger partial charge in [-0.15, -0.1) is 46.2 Å². The first-order valence-corrected chi connectivity index (χ1v) is 14.8. The summed E-state index contributed by atoms with van der Waals surface area (Å²) in [6.45, 7) is 0. The van der Waals surface area contributed by atoms with Crippen molar-refractivity contribution in [1.82, 2.24) is 0 Å². The van der Waals surface area contributed by atoms with Crippen molar-refractivity contribution in [2.24, 2.45) is 0 Å². The molecule has 0 saturated heterocycles. The summed E-state index contributed by atoms with van der Waals surface area (Å²) < 4.78 is 11.3. The third-order valence-electron chi connectivity index (χ3n) is 2.35. The highest BCUT2D eigenvalue weighted by atomic mass is 79.9. The lowest BCUT2D eigenvalue weighted by Gasteiger charge is -1.94. The zero-order chi connectivity index (χ0) is 15.9. The zero-order valence-corrected chi connectivity index (χ0v) is 21.5. The molecule has 0 radical (unpaired) electrons. The van der Waals surface area contributed by atoms with Gasteiger partial charge >= 0.3 is 0 Å². The van der Waals surface area contributed by atoms with Gasteiger partial charge in [-0.3, -0.25) is 0 Å². The molecule has 3 heterocycles. The Morgan fingerprint density at radius 3 is 1.86 bits per heavy atom. The van der Waals surface area contributed by atoms with E-state index in [9.17, 15) is 0 Å². The topological polar surface area (TPSA) is 0 Å². The quantitative estimate of drug-likeness (QED) is 0.327. The normalized spacial score (nSPS) is 19.1. The van der Waals surface area contributed by atoms with Crippen LogP contribution < -0.4 is 8.38 Å². The Balaban J connectivity index is 2.05. The summed E-state index contributed by atoms with van der Waals surface area (Å²) in [5, 5.41) is 0. The summed E-state index contributed by atoms with van der Waals surface area (Å²) >= 11 is 27.3. The molecule has 1 aromatic heterocycles. The molecule has 118 valence electrons. The predicted molar refractivity (Wildman–Crippen MR) is 128 cm³/mol. The molecular weight excluding hydrogens is 581 g/mol. The number of rotatable bonds is 2. The van der Waals surface area contributed by atoms with E-state index in [4.69, 9.17) is 12.2 Å². The van der Waals surface area contributed by atoms with Crippen LogP contribution in [0.4, 0.5) is 0 Å². The Bertz CT molecular complexity index is 823. The van der Waals surface area contributed by atoms with Gasteiger partial charge < -0.3 is 0 Å². The van der Waals surface area contributed by atoms with Crippen LogP contribution in [0, 0.1) is 3.82 Å². The molecular formula is C11H6Br2S9. The second-order valence-electron chi connectivity index (χ2n) is 3.62. The monoisotopic (exact) mass is 584 g/mol. The highest BCUT2D eigenvalue weighted by Gasteiger charge is 2.23. The van der Waals surface area contributed by atoms with E-state index < -0.39 is 0 Å². The van der Waals surface area contributed by atoms with Gasteiger partial charge in [0, 0.05) is 0 Å². The Morgan fingerprint density at radius 2 is 1.36 bits per heavy atom. The summed E-state index contributed by atoms with van der Waals surface area (Å²) in [5.74, 6) is 0. The second-order valence-corrected chi connectivity index (χ2v) is 16.0. The molecule has 0 aliphatic carbocycles. The first-order chi connectivity index (χ1) is 10.5. The largest absolute Gasteiger partial charge is 0.121 e. The molecule has 0 atom stereocenters. The number of hydrogen-bond donors (Lipinski definition) is 0. The van der Waals surface area contributed by atoms with Crippen LogP contribution >= 0.6 is 137 Å². The highest BCUT2D eigenvalue weighted by Crippen LogP contribution is 2.57. The van der Waals surface area contributed by atoms with Crippen LogP contribution in [0.2, 0.25) is 0 Å². The Hall–Kier alpha value is 2.55. The fraction of sp³-hybridized carbons (Fsp3) is 0.182. The molecule has 2 aliphatic rings. The summed E-state index contributed by atoms with van der Waals surface area (Å²) in [6, 6.07) is 0. The minimum Gasteiger partial charge on any atom is -0.121 e. The van der Waals surface area contributed by atoms with Crippen LogP contribution in [0.1, 0.15) is 0 Å². The van der Waals surface area contributed by atoms with E-state index >= 15 is 0 Å². The van der Waals surface area contributed by atoms with Crippen molar-refractivity contribution < 1.29 is 0 Å². The van der Waals surface area contributed by atoms with Gasteiger partial charge in [-0.1, -0.05) is 59.3 Å². The Labute approximate surface area is 184 Å². The predicted octanol–water partition coefficient (Wildman–Crippen LogP) is 7.40. The summed E-state index contributed by atoms with van der Waals surface area (Å²) in [4.78, 5) is 0. The lowest BCUT2D eigenvalue weighted by Crippen LogP contribution is -1.96. The van der Waals surface area contributed by atoms with Gasteiger partial charge in [0.2, 0.25) is 0 Å². The van der Waals surface area contributed by atoms with Gasteiger partial charge in [0.15, 0.2) is 0 Å². The molecule has 0 nitrogen and oxygen atoms in total. The Morgan fingerprint density at radius 1 is 0.818 bits per heavy atom. The van der Waals surface area contributed by atoms with Crippen molar-refractivity contribution >= 4 is 146 Å². The molecule has 1 aromatic rings. The van der Waals surface area contributed by atoms with E-state index in [2.05, 4.69) is 44.4 Å². The summed E-state index contributed by atoms with van der Waals surface area (Å²) in [5.41, 5.74) is 0. The summed E-state index contributed by atoms with van der Waals surface area (Å²) in [6.07, 6.45) is 4.28. The standard InChI is InChI=1S/C11H6Br2S9/c1-15-8-9(16-2)22-7(21-8)3-6(14)20-10(17-3)11-18-4(12)5(13)19-11/h1-2H3. The maximum atomic E-state index is 5.63. The lowest BCUT2D eigenvalue weighted by atomic mass is 10.9. The van der Waals surface area contributed by atoms with Crippen molar-refractivity contribution in [3.05, 3.63) is 28.3 Å². The van der Waals surface area contributed by atoms with E-state index in [1.165, 1.54) is 25.3 Å². The molecule has 11 heteroatoms. The molecule has 0 fully saturated rings.